The molecule has 0 saturated heterocycles. The second-order valence-electron chi connectivity index (χ2n) is 6.85. The van der Waals surface area contributed by atoms with E-state index in [9.17, 15) is 4.79 Å². The highest BCUT2D eigenvalue weighted by Crippen LogP contribution is 2.26. The van der Waals surface area contributed by atoms with Gasteiger partial charge in [0.1, 0.15) is 11.4 Å². The Morgan fingerprint density at radius 1 is 1.07 bits per heavy atom. The van der Waals surface area contributed by atoms with Gasteiger partial charge in [0.05, 0.1) is 12.8 Å². The van der Waals surface area contributed by atoms with Crippen LogP contribution in [-0.4, -0.2) is 29.5 Å². The Labute approximate surface area is 171 Å². The van der Waals surface area contributed by atoms with Crippen molar-refractivity contribution in [3.63, 3.8) is 0 Å². The third-order valence-corrected chi connectivity index (χ3v) is 4.56. The smallest absolute Gasteiger partial charge is 0.274 e. The number of hydrogen-bond acceptors (Lipinski definition) is 5. The molecule has 29 heavy (non-hydrogen) atoms. The van der Waals surface area contributed by atoms with Crippen LogP contribution in [-0.2, 0) is 6.54 Å². The standard InChI is InChI=1S/C23H26N4O2/c1-5-27(15-18-9-7-6-8-10-18)23-24-17(3)14-20(26-23)22(28)25-19-13-16(2)11-12-21(19)29-4/h6-14H,5,15H2,1-4H3,(H,25,28). The summed E-state index contributed by atoms with van der Waals surface area (Å²) in [5, 5.41) is 2.91. The molecule has 0 aliphatic carbocycles. The summed E-state index contributed by atoms with van der Waals surface area (Å²) in [6, 6.07) is 17.5. The van der Waals surface area contributed by atoms with Gasteiger partial charge in [-0.2, -0.15) is 0 Å². The second-order valence-corrected chi connectivity index (χ2v) is 6.85. The number of ether oxygens (including phenoxy) is 1. The molecule has 0 fully saturated rings. The molecular formula is C23H26N4O2. The lowest BCUT2D eigenvalue weighted by molar-refractivity contribution is 0.102. The number of anilines is 2. The van der Waals surface area contributed by atoms with Gasteiger partial charge in [-0.25, -0.2) is 9.97 Å². The minimum Gasteiger partial charge on any atom is -0.495 e. The van der Waals surface area contributed by atoms with Crippen molar-refractivity contribution >= 4 is 17.5 Å². The van der Waals surface area contributed by atoms with Crippen LogP contribution in [0.4, 0.5) is 11.6 Å². The zero-order valence-corrected chi connectivity index (χ0v) is 17.3. The number of methoxy groups -OCH3 is 1. The maximum absolute atomic E-state index is 12.9. The number of benzene rings is 2. The van der Waals surface area contributed by atoms with E-state index in [2.05, 4.69) is 27.4 Å². The summed E-state index contributed by atoms with van der Waals surface area (Å²) in [4.78, 5) is 24.0. The molecule has 1 N–H and O–H groups in total. The van der Waals surface area contributed by atoms with Crippen LogP contribution in [0.5, 0.6) is 5.75 Å². The van der Waals surface area contributed by atoms with Crippen molar-refractivity contribution in [1.29, 1.82) is 0 Å². The topological polar surface area (TPSA) is 67.4 Å². The zero-order valence-electron chi connectivity index (χ0n) is 17.3. The quantitative estimate of drug-likeness (QED) is 0.648. The van der Waals surface area contributed by atoms with Gasteiger partial charge >= 0.3 is 0 Å². The molecule has 0 aliphatic heterocycles. The molecule has 0 radical (unpaired) electrons. The van der Waals surface area contributed by atoms with Gasteiger partial charge in [-0.3, -0.25) is 4.79 Å². The van der Waals surface area contributed by atoms with Gasteiger partial charge < -0.3 is 15.0 Å². The first-order valence-electron chi connectivity index (χ1n) is 9.60. The first-order valence-corrected chi connectivity index (χ1v) is 9.60. The maximum atomic E-state index is 12.9. The molecule has 1 heterocycles. The summed E-state index contributed by atoms with van der Waals surface area (Å²) in [6.07, 6.45) is 0. The highest BCUT2D eigenvalue weighted by atomic mass is 16.5. The SMILES string of the molecule is CCN(Cc1ccccc1)c1nc(C)cc(C(=O)Nc2cc(C)ccc2OC)n1. The number of nitrogens with one attached hydrogen (secondary N) is 1. The van der Waals surface area contributed by atoms with Crippen LogP contribution in [0, 0.1) is 13.8 Å². The number of amides is 1. The van der Waals surface area contributed by atoms with E-state index in [1.54, 1.807) is 13.2 Å². The molecule has 1 aromatic heterocycles. The van der Waals surface area contributed by atoms with Crippen molar-refractivity contribution in [3.05, 3.63) is 77.1 Å². The van der Waals surface area contributed by atoms with Crippen LogP contribution >= 0.6 is 0 Å². The van der Waals surface area contributed by atoms with Crippen molar-refractivity contribution in [2.24, 2.45) is 0 Å². The molecule has 3 rings (SSSR count). The Balaban J connectivity index is 1.86. The summed E-state index contributed by atoms with van der Waals surface area (Å²) >= 11 is 0. The van der Waals surface area contributed by atoms with Gasteiger partial charge in [0, 0.05) is 18.8 Å². The number of aryl methyl sites for hydroxylation is 2. The molecule has 2 aromatic carbocycles. The predicted octanol–water partition coefficient (Wildman–Crippen LogP) is 4.38. The van der Waals surface area contributed by atoms with Gasteiger partial charge in [0.15, 0.2) is 0 Å². The number of aromatic nitrogens is 2. The van der Waals surface area contributed by atoms with E-state index in [1.165, 1.54) is 0 Å². The molecule has 0 bridgehead atoms. The highest BCUT2D eigenvalue weighted by molar-refractivity contribution is 6.04. The molecule has 150 valence electrons. The van der Waals surface area contributed by atoms with Gasteiger partial charge in [0.2, 0.25) is 5.95 Å². The number of nitrogens with zero attached hydrogens (tertiary/aromatic N) is 3. The highest BCUT2D eigenvalue weighted by Gasteiger charge is 2.16. The van der Waals surface area contributed by atoms with Crippen LogP contribution in [0.1, 0.15) is 34.2 Å². The Kier molecular flexibility index (Phi) is 6.44. The molecule has 0 atom stereocenters. The van der Waals surface area contributed by atoms with Crippen molar-refractivity contribution in [3.8, 4) is 5.75 Å². The Morgan fingerprint density at radius 2 is 1.83 bits per heavy atom. The summed E-state index contributed by atoms with van der Waals surface area (Å²) in [7, 11) is 1.58. The van der Waals surface area contributed by atoms with Crippen molar-refractivity contribution in [2.45, 2.75) is 27.3 Å². The molecule has 3 aromatic rings. The van der Waals surface area contributed by atoms with E-state index >= 15 is 0 Å². The minimum absolute atomic E-state index is 0.295. The fourth-order valence-corrected chi connectivity index (χ4v) is 3.04. The van der Waals surface area contributed by atoms with E-state index in [0.29, 0.717) is 29.6 Å². The maximum Gasteiger partial charge on any atom is 0.274 e. The van der Waals surface area contributed by atoms with Crippen molar-refractivity contribution in [1.82, 2.24) is 9.97 Å². The molecule has 0 spiro atoms. The fraction of sp³-hybridized carbons (Fsp3) is 0.261. The Hall–Kier alpha value is -3.41. The van der Waals surface area contributed by atoms with Crippen LogP contribution in [0.15, 0.2) is 54.6 Å². The monoisotopic (exact) mass is 390 g/mol. The molecule has 0 unspecified atom stereocenters. The summed E-state index contributed by atoms with van der Waals surface area (Å²) < 4.78 is 5.35. The lowest BCUT2D eigenvalue weighted by atomic mass is 10.2. The zero-order chi connectivity index (χ0) is 20.8. The molecule has 0 saturated carbocycles. The third kappa shape index (κ3) is 5.10. The van der Waals surface area contributed by atoms with Crippen LogP contribution < -0.4 is 15.0 Å². The van der Waals surface area contributed by atoms with Gasteiger partial charge in [0.25, 0.3) is 5.91 Å². The minimum atomic E-state index is -0.295. The second kappa shape index (κ2) is 9.19. The molecule has 0 aliphatic rings. The van der Waals surface area contributed by atoms with E-state index in [1.807, 2.05) is 62.1 Å². The van der Waals surface area contributed by atoms with Crippen LogP contribution in [0.3, 0.4) is 0 Å². The molecular weight excluding hydrogens is 364 g/mol. The average molecular weight is 390 g/mol. The van der Waals surface area contributed by atoms with E-state index in [0.717, 1.165) is 23.4 Å². The van der Waals surface area contributed by atoms with Crippen LogP contribution in [0.2, 0.25) is 0 Å². The largest absolute Gasteiger partial charge is 0.495 e. The van der Waals surface area contributed by atoms with Crippen molar-refractivity contribution in [2.75, 3.05) is 23.9 Å². The van der Waals surface area contributed by atoms with E-state index < -0.39 is 0 Å². The van der Waals surface area contributed by atoms with Crippen molar-refractivity contribution < 1.29 is 9.53 Å². The normalized spacial score (nSPS) is 10.5. The summed E-state index contributed by atoms with van der Waals surface area (Å²) in [6.45, 7) is 7.28. The third-order valence-electron chi connectivity index (χ3n) is 4.56. The first-order chi connectivity index (χ1) is 14.0. The van der Waals surface area contributed by atoms with Gasteiger partial charge in [-0.05, 0) is 50.1 Å². The predicted molar refractivity (Wildman–Crippen MR) is 116 cm³/mol. The Morgan fingerprint density at radius 3 is 2.52 bits per heavy atom. The number of hydrogen-bond donors (Lipinski definition) is 1. The Bertz CT molecular complexity index is 989. The first kappa shape index (κ1) is 20.3. The molecule has 6 heteroatoms. The van der Waals surface area contributed by atoms with Crippen LogP contribution in [0.25, 0.3) is 0 Å². The number of carbonyl (C=O) groups is 1. The summed E-state index contributed by atoms with van der Waals surface area (Å²) in [5.41, 5.74) is 3.87. The molecule has 1 amide bonds. The lowest BCUT2D eigenvalue weighted by Gasteiger charge is -2.22. The fourth-order valence-electron chi connectivity index (χ4n) is 3.04. The van der Waals surface area contributed by atoms with Gasteiger partial charge in [-0.15, -0.1) is 0 Å². The number of rotatable bonds is 7. The van der Waals surface area contributed by atoms with E-state index in [4.69, 9.17) is 4.74 Å². The molecule has 6 nitrogen and oxygen atoms in total. The summed E-state index contributed by atoms with van der Waals surface area (Å²) in [5.74, 6) is 0.850. The van der Waals surface area contributed by atoms with E-state index in [-0.39, 0.29) is 5.91 Å². The average Bonchev–Trinajstić information content (AvgIpc) is 2.72. The number of carbonyl (C=O) groups excluding carboxylic acids is 1. The lowest BCUT2D eigenvalue weighted by Crippen LogP contribution is -2.26. The van der Waals surface area contributed by atoms with Gasteiger partial charge in [-0.1, -0.05) is 36.4 Å².